The zero-order valence-electron chi connectivity index (χ0n) is 18.6. The lowest BCUT2D eigenvalue weighted by Gasteiger charge is -2.20. The number of sulfonamides is 1. The van der Waals surface area contributed by atoms with Crippen LogP contribution in [0.2, 0.25) is 0 Å². The molecule has 0 atom stereocenters. The van der Waals surface area contributed by atoms with Crippen molar-refractivity contribution in [2.24, 2.45) is 5.10 Å². The van der Waals surface area contributed by atoms with Gasteiger partial charge in [-0.1, -0.05) is 30.9 Å². The van der Waals surface area contributed by atoms with E-state index in [4.69, 9.17) is 13.9 Å². The van der Waals surface area contributed by atoms with Gasteiger partial charge in [-0.2, -0.15) is 9.41 Å². The molecule has 2 aromatic carbocycles. The molecule has 1 amide bonds. The van der Waals surface area contributed by atoms with E-state index in [0.29, 0.717) is 29.4 Å². The number of methoxy groups -OCH3 is 1. The molecule has 0 fully saturated rings. The highest BCUT2D eigenvalue weighted by molar-refractivity contribution is 7.89. The lowest BCUT2D eigenvalue weighted by atomic mass is 10.2. The van der Waals surface area contributed by atoms with Gasteiger partial charge in [0, 0.05) is 0 Å². The molecule has 3 aromatic rings. The molecule has 0 radical (unpaired) electrons. The van der Waals surface area contributed by atoms with Crippen molar-refractivity contribution in [3.8, 4) is 11.5 Å². The highest BCUT2D eigenvalue weighted by Gasteiger charge is 2.27. The molecule has 0 bridgehead atoms. The Labute approximate surface area is 198 Å². The summed E-state index contributed by atoms with van der Waals surface area (Å²) in [6, 6.07) is 16.3. The van der Waals surface area contributed by atoms with Crippen LogP contribution in [0.1, 0.15) is 11.3 Å². The average Bonchev–Trinajstić information content (AvgIpc) is 3.36. The molecule has 1 N–H and O–H groups in total. The van der Waals surface area contributed by atoms with Gasteiger partial charge in [-0.3, -0.25) is 4.79 Å². The number of hydrazone groups is 1. The van der Waals surface area contributed by atoms with Crippen molar-refractivity contribution in [3.63, 3.8) is 0 Å². The molecule has 0 aliphatic carbocycles. The Hall–Kier alpha value is -3.89. The minimum atomic E-state index is -3.95. The first-order valence-electron chi connectivity index (χ1n) is 10.2. The van der Waals surface area contributed by atoms with Crippen LogP contribution in [0.15, 0.2) is 94.0 Å². The van der Waals surface area contributed by atoms with Gasteiger partial charge < -0.3 is 13.9 Å². The summed E-state index contributed by atoms with van der Waals surface area (Å²) in [5, 5.41) is 3.93. The van der Waals surface area contributed by atoms with Crippen LogP contribution in [0.25, 0.3) is 0 Å². The smallest absolute Gasteiger partial charge is 0.255 e. The molecule has 0 saturated heterocycles. The lowest BCUT2D eigenvalue weighted by molar-refractivity contribution is -0.121. The Balaban J connectivity index is 1.70. The van der Waals surface area contributed by atoms with Gasteiger partial charge in [-0.25, -0.2) is 13.8 Å². The first kappa shape index (κ1) is 24.7. The van der Waals surface area contributed by atoms with Gasteiger partial charge in [0.25, 0.3) is 5.91 Å². The molecule has 0 aliphatic rings. The zero-order valence-corrected chi connectivity index (χ0v) is 19.4. The van der Waals surface area contributed by atoms with Gasteiger partial charge in [0.2, 0.25) is 10.0 Å². The molecular formula is C24H25N3O6S. The second-order valence-corrected chi connectivity index (χ2v) is 8.91. The van der Waals surface area contributed by atoms with E-state index in [1.54, 1.807) is 54.6 Å². The number of hydrogen-bond donors (Lipinski definition) is 1. The van der Waals surface area contributed by atoms with E-state index < -0.39 is 22.5 Å². The fourth-order valence-corrected chi connectivity index (χ4v) is 4.33. The van der Waals surface area contributed by atoms with E-state index in [1.807, 2.05) is 0 Å². The summed E-state index contributed by atoms with van der Waals surface area (Å²) < 4.78 is 43.3. The van der Waals surface area contributed by atoms with Crippen molar-refractivity contribution in [2.45, 2.75) is 11.4 Å². The number of amides is 1. The van der Waals surface area contributed by atoms with Gasteiger partial charge in [0.05, 0.1) is 37.6 Å². The Bertz CT molecular complexity index is 1220. The molecule has 3 rings (SSSR count). The van der Waals surface area contributed by atoms with Crippen LogP contribution in [-0.2, 0) is 21.4 Å². The number of carbonyl (C=O) groups is 1. The van der Waals surface area contributed by atoms with E-state index in [2.05, 4.69) is 17.1 Å². The minimum absolute atomic E-state index is 0.0729. The average molecular weight is 484 g/mol. The van der Waals surface area contributed by atoms with Gasteiger partial charge >= 0.3 is 0 Å². The molecular weight excluding hydrogens is 458 g/mol. The summed E-state index contributed by atoms with van der Waals surface area (Å²) in [7, 11) is -2.43. The number of nitrogens with zero attached hydrogens (tertiary/aromatic N) is 2. The second-order valence-electron chi connectivity index (χ2n) is 6.97. The molecule has 34 heavy (non-hydrogen) atoms. The Morgan fingerprint density at radius 3 is 2.62 bits per heavy atom. The number of benzene rings is 2. The minimum Gasteiger partial charge on any atom is -0.493 e. The summed E-state index contributed by atoms with van der Waals surface area (Å²) in [4.78, 5) is 12.6. The Morgan fingerprint density at radius 1 is 1.15 bits per heavy atom. The molecule has 0 unspecified atom stereocenters. The maximum absolute atomic E-state index is 13.1. The molecule has 0 spiro atoms. The molecule has 1 aromatic heterocycles. The van der Waals surface area contributed by atoms with Gasteiger partial charge in [0.15, 0.2) is 11.5 Å². The quantitative estimate of drug-likeness (QED) is 0.241. The van der Waals surface area contributed by atoms with E-state index in [0.717, 1.165) is 4.31 Å². The summed E-state index contributed by atoms with van der Waals surface area (Å²) in [5.41, 5.74) is 3.01. The van der Waals surface area contributed by atoms with Gasteiger partial charge in [-0.15, -0.1) is 0 Å². The normalized spacial score (nSPS) is 11.5. The van der Waals surface area contributed by atoms with Crippen molar-refractivity contribution in [3.05, 3.63) is 90.9 Å². The molecule has 178 valence electrons. The summed E-state index contributed by atoms with van der Waals surface area (Å²) in [5.74, 6) is 0.834. The van der Waals surface area contributed by atoms with Crippen LogP contribution in [0, 0.1) is 0 Å². The first-order chi connectivity index (χ1) is 16.4. The molecule has 9 nitrogen and oxygen atoms in total. The monoisotopic (exact) mass is 483 g/mol. The van der Waals surface area contributed by atoms with Crippen molar-refractivity contribution in [2.75, 3.05) is 20.3 Å². The number of ether oxygens (including phenoxy) is 2. The van der Waals surface area contributed by atoms with E-state index in [1.165, 1.54) is 31.7 Å². The largest absolute Gasteiger partial charge is 0.493 e. The number of nitrogens with one attached hydrogen (secondary N) is 1. The van der Waals surface area contributed by atoms with Crippen LogP contribution < -0.4 is 14.9 Å². The van der Waals surface area contributed by atoms with Gasteiger partial charge in [0.1, 0.15) is 12.4 Å². The number of hydrogen-bond acceptors (Lipinski definition) is 7. The summed E-state index contributed by atoms with van der Waals surface area (Å²) in [6.45, 7) is 3.38. The standard InChI is InChI=1S/C24H25N3O6S/c1-3-13-33-22-12-11-19(15-23(22)31-2)16-25-26-24(28)18-27(17-20-8-7-14-32-20)34(29,30)21-9-5-4-6-10-21/h3-12,14-16H,1,13,17-18H2,2H3,(H,26,28)/b25-16-. The maximum atomic E-state index is 13.1. The highest BCUT2D eigenvalue weighted by atomic mass is 32.2. The first-order valence-corrected chi connectivity index (χ1v) is 11.7. The highest BCUT2D eigenvalue weighted by Crippen LogP contribution is 2.27. The van der Waals surface area contributed by atoms with Crippen LogP contribution in [0.3, 0.4) is 0 Å². The lowest BCUT2D eigenvalue weighted by Crippen LogP contribution is -2.38. The van der Waals surface area contributed by atoms with Crippen molar-refractivity contribution >= 4 is 22.1 Å². The van der Waals surface area contributed by atoms with Crippen molar-refractivity contribution in [1.82, 2.24) is 9.73 Å². The van der Waals surface area contributed by atoms with Gasteiger partial charge in [-0.05, 0) is 48.0 Å². The molecule has 1 heterocycles. The van der Waals surface area contributed by atoms with Crippen LogP contribution in [-0.4, -0.2) is 45.1 Å². The Morgan fingerprint density at radius 2 is 1.94 bits per heavy atom. The zero-order chi connectivity index (χ0) is 24.4. The van der Waals surface area contributed by atoms with E-state index in [-0.39, 0.29) is 11.4 Å². The van der Waals surface area contributed by atoms with E-state index >= 15 is 0 Å². The van der Waals surface area contributed by atoms with Crippen molar-refractivity contribution in [1.29, 1.82) is 0 Å². The van der Waals surface area contributed by atoms with Crippen LogP contribution >= 0.6 is 0 Å². The fraction of sp³-hybridized carbons (Fsp3) is 0.167. The molecule has 0 aliphatic heterocycles. The predicted molar refractivity (Wildman–Crippen MR) is 127 cm³/mol. The SMILES string of the molecule is C=CCOc1ccc(/C=N\NC(=O)CN(Cc2ccco2)S(=O)(=O)c2ccccc2)cc1OC. The summed E-state index contributed by atoms with van der Waals surface area (Å²) >= 11 is 0. The fourth-order valence-electron chi connectivity index (χ4n) is 2.95. The third kappa shape index (κ3) is 6.56. The number of carbonyl (C=O) groups excluding carboxylic acids is 1. The van der Waals surface area contributed by atoms with Crippen molar-refractivity contribution < 1.29 is 27.1 Å². The summed E-state index contributed by atoms with van der Waals surface area (Å²) in [6.07, 6.45) is 4.48. The third-order valence-electron chi connectivity index (χ3n) is 4.56. The maximum Gasteiger partial charge on any atom is 0.255 e. The van der Waals surface area contributed by atoms with Crippen LogP contribution in [0.4, 0.5) is 0 Å². The second kappa shape index (κ2) is 11.8. The number of furan rings is 1. The van der Waals surface area contributed by atoms with E-state index in [9.17, 15) is 13.2 Å². The third-order valence-corrected chi connectivity index (χ3v) is 6.37. The molecule has 10 heteroatoms. The topological polar surface area (TPSA) is 110 Å². The predicted octanol–water partition coefficient (Wildman–Crippen LogP) is 3.19. The van der Waals surface area contributed by atoms with Crippen LogP contribution in [0.5, 0.6) is 11.5 Å². The number of rotatable bonds is 12. The molecule has 0 saturated carbocycles. The Kier molecular flexibility index (Phi) is 8.60.